The Morgan fingerprint density at radius 1 is 0.710 bits per heavy atom. The van der Waals surface area contributed by atoms with Crippen molar-refractivity contribution in [3.63, 3.8) is 0 Å². The SMILES string of the molecule is CC(C)(c1nc2ccc(C3=NCCN3)cc2[nH]1)c1nc2ccc(C3=NCCN3)cc2[nH]1. The van der Waals surface area contributed by atoms with E-state index in [1.165, 1.54) is 0 Å². The summed E-state index contributed by atoms with van der Waals surface area (Å²) in [4.78, 5) is 25.8. The molecule has 0 spiro atoms. The maximum Gasteiger partial charge on any atom is 0.128 e. The van der Waals surface area contributed by atoms with E-state index in [2.05, 4.69) is 68.7 Å². The first-order valence-corrected chi connectivity index (χ1v) is 10.7. The standard InChI is InChI=1S/C23H24N8/c1-23(2,21-28-15-5-3-13(11-17(15)30-21)19-24-7-8-25-19)22-29-16-6-4-14(12-18(16)31-22)20-26-9-10-27-20/h3-6,11-12H,7-10H2,1-2H3,(H,24,25)(H,26,27)(H,28,30)(H,29,31). The van der Waals surface area contributed by atoms with Gasteiger partial charge in [0.2, 0.25) is 0 Å². The van der Waals surface area contributed by atoms with Gasteiger partial charge < -0.3 is 20.6 Å². The second kappa shape index (κ2) is 6.66. The van der Waals surface area contributed by atoms with Gasteiger partial charge in [-0.05, 0) is 50.2 Å². The summed E-state index contributed by atoms with van der Waals surface area (Å²) in [5.74, 6) is 3.66. The highest BCUT2D eigenvalue weighted by atomic mass is 15.1. The number of hydrogen-bond donors (Lipinski definition) is 4. The molecule has 0 saturated heterocycles. The molecule has 2 aromatic heterocycles. The molecular formula is C23H24N8. The second-order valence-corrected chi connectivity index (χ2v) is 8.57. The maximum atomic E-state index is 4.87. The van der Waals surface area contributed by atoms with E-state index in [4.69, 9.17) is 9.97 Å². The zero-order valence-electron chi connectivity index (χ0n) is 17.6. The van der Waals surface area contributed by atoms with E-state index >= 15 is 0 Å². The highest BCUT2D eigenvalue weighted by Gasteiger charge is 2.30. The average Bonchev–Trinajstić information content (AvgIpc) is 3.57. The number of rotatable bonds is 4. The number of amidine groups is 2. The van der Waals surface area contributed by atoms with Crippen molar-refractivity contribution in [3.8, 4) is 0 Å². The van der Waals surface area contributed by atoms with Crippen molar-refractivity contribution in [2.75, 3.05) is 26.2 Å². The Balaban J connectivity index is 1.37. The number of aromatic amines is 2. The lowest BCUT2D eigenvalue weighted by Crippen LogP contribution is -2.22. The van der Waals surface area contributed by atoms with Gasteiger partial charge in [0, 0.05) is 24.2 Å². The normalized spacial score (nSPS) is 16.5. The van der Waals surface area contributed by atoms with Crippen LogP contribution in [-0.2, 0) is 5.41 Å². The predicted molar refractivity (Wildman–Crippen MR) is 123 cm³/mol. The molecule has 2 aliphatic heterocycles. The van der Waals surface area contributed by atoms with E-state index in [1.807, 2.05) is 12.1 Å². The van der Waals surface area contributed by atoms with Crippen LogP contribution in [0.15, 0.2) is 46.4 Å². The molecule has 0 fully saturated rings. The minimum Gasteiger partial charge on any atom is -0.368 e. The molecule has 0 unspecified atom stereocenters. The second-order valence-electron chi connectivity index (χ2n) is 8.57. The fourth-order valence-electron chi connectivity index (χ4n) is 4.20. The summed E-state index contributed by atoms with van der Waals surface area (Å²) in [7, 11) is 0. The van der Waals surface area contributed by atoms with Crippen LogP contribution in [0.1, 0.15) is 36.6 Å². The van der Waals surface area contributed by atoms with E-state index in [1.54, 1.807) is 0 Å². The molecule has 2 aliphatic rings. The lowest BCUT2D eigenvalue weighted by molar-refractivity contribution is 0.567. The molecular weight excluding hydrogens is 388 g/mol. The minimum atomic E-state index is -0.412. The largest absolute Gasteiger partial charge is 0.368 e. The van der Waals surface area contributed by atoms with Gasteiger partial charge in [0.1, 0.15) is 23.3 Å². The van der Waals surface area contributed by atoms with E-state index < -0.39 is 5.41 Å². The Hall–Kier alpha value is -3.68. The first kappa shape index (κ1) is 18.1. The summed E-state index contributed by atoms with van der Waals surface area (Å²) in [5.41, 5.74) is 5.63. The number of aromatic nitrogens is 4. The van der Waals surface area contributed by atoms with E-state index in [0.29, 0.717) is 0 Å². The molecule has 0 amide bonds. The average molecular weight is 413 g/mol. The monoisotopic (exact) mass is 412 g/mol. The van der Waals surface area contributed by atoms with Crippen molar-refractivity contribution in [1.82, 2.24) is 30.6 Å². The van der Waals surface area contributed by atoms with Crippen LogP contribution in [0, 0.1) is 0 Å². The molecule has 6 rings (SSSR count). The lowest BCUT2D eigenvalue weighted by Gasteiger charge is -2.19. The third-order valence-corrected chi connectivity index (χ3v) is 6.04. The lowest BCUT2D eigenvalue weighted by atomic mass is 9.92. The van der Waals surface area contributed by atoms with Crippen LogP contribution < -0.4 is 10.6 Å². The van der Waals surface area contributed by atoms with Crippen molar-refractivity contribution in [2.24, 2.45) is 9.98 Å². The number of fused-ring (bicyclic) bond motifs is 2. The van der Waals surface area contributed by atoms with Gasteiger partial charge in [0.25, 0.3) is 0 Å². The quantitative estimate of drug-likeness (QED) is 0.413. The van der Waals surface area contributed by atoms with Gasteiger partial charge in [-0.3, -0.25) is 9.98 Å². The van der Waals surface area contributed by atoms with Crippen LogP contribution >= 0.6 is 0 Å². The molecule has 0 bridgehead atoms. The van der Waals surface area contributed by atoms with E-state index in [0.717, 1.165) is 82.7 Å². The first-order valence-electron chi connectivity index (χ1n) is 10.7. The molecule has 0 radical (unpaired) electrons. The Morgan fingerprint density at radius 2 is 1.19 bits per heavy atom. The third kappa shape index (κ3) is 2.98. The van der Waals surface area contributed by atoms with Crippen LogP contribution in [0.4, 0.5) is 0 Å². The number of benzene rings is 2. The molecule has 0 atom stereocenters. The minimum absolute atomic E-state index is 0.412. The van der Waals surface area contributed by atoms with Crippen LogP contribution in [-0.4, -0.2) is 57.8 Å². The summed E-state index contributed by atoms with van der Waals surface area (Å²) in [6.07, 6.45) is 0. The predicted octanol–water partition coefficient (Wildman–Crippen LogP) is 2.46. The van der Waals surface area contributed by atoms with Crippen molar-refractivity contribution >= 4 is 33.7 Å². The van der Waals surface area contributed by atoms with Crippen LogP contribution in [0.2, 0.25) is 0 Å². The van der Waals surface area contributed by atoms with Gasteiger partial charge in [0.15, 0.2) is 0 Å². The van der Waals surface area contributed by atoms with Gasteiger partial charge >= 0.3 is 0 Å². The Morgan fingerprint density at radius 3 is 1.61 bits per heavy atom. The summed E-state index contributed by atoms with van der Waals surface area (Å²) < 4.78 is 0. The van der Waals surface area contributed by atoms with E-state index in [9.17, 15) is 0 Å². The molecule has 8 heteroatoms. The fraction of sp³-hybridized carbons (Fsp3) is 0.304. The summed E-state index contributed by atoms with van der Waals surface area (Å²) in [6.45, 7) is 7.71. The molecule has 8 nitrogen and oxygen atoms in total. The highest BCUT2D eigenvalue weighted by Crippen LogP contribution is 2.31. The number of H-pyrrole nitrogens is 2. The van der Waals surface area contributed by atoms with Gasteiger partial charge in [-0.1, -0.05) is 0 Å². The molecule has 4 N–H and O–H groups in total. The number of aliphatic imine (C=N–C) groups is 2. The summed E-state index contributed by atoms with van der Waals surface area (Å²) in [6, 6.07) is 12.4. The Kier molecular flexibility index (Phi) is 3.89. The summed E-state index contributed by atoms with van der Waals surface area (Å²) in [5, 5.41) is 6.66. The highest BCUT2D eigenvalue weighted by molar-refractivity contribution is 6.02. The number of hydrogen-bond acceptors (Lipinski definition) is 6. The van der Waals surface area contributed by atoms with Crippen molar-refractivity contribution in [3.05, 3.63) is 59.2 Å². The smallest absolute Gasteiger partial charge is 0.128 e. The molecule has 4 heterocycles. The molecule has 4 aromatic rings. The van der Waals surface area contributed by atoms with Gasteiger partial charge in [-0.25, -0.2) is 9.97 Å². The van der Waals surface area contributed by atoms with Crippen molar-refractivity contribution < 1.29 is 0 Å². The van der Waals surface area contributed by atoms with Gasteiger partial charge in [0.05, 0.1) is 40.6 Å². The molecule has 0 aliphatic carbocycles. The zero-order valence-corrected chi connectivity index (χ0v) is 17.6. The Labute approximate surface area is 179 Å². The van der Waals surface area contributed by atoms with Gasteiger partial charge in [-0.2, -0.15) is 0 Å². The summed E-state index contributed by atoms with van der Waals surface area (Å²) >= 11 is 0. The van der Waals surface area contributed by atoms with Crippen molar-refractivity contribution in [2.45, 2.75) is 19.3 Å². The molecule has 31 heavy (non-hydrogen) atoms. The number of imidazole rings is 2. The zero-order chi connectivity index (χ0) is 21.0. The van der Waals surface area contributed by atoms with Crippen LogP contribution in [0.5, 0.6) is 0 Å². The topological polar surface area (TPSA) is 106 Å². The van der Waals surface area contributed by atoms with Crippen LogP contribution in [0.25, 0.3) is 22.1 Å². The maximum absolute atomic E-state index is 4.87. The Bertz CT molecular complexity index is 1270. The van der Waals surface area contributed by atoms with Crippen LogP contribution in [0.3, 0.4) is 0 Å². The van der Waals surface area contributed by atoms with Gasteiger partial charge in [-0.15, -0.1) is 0 Å². The van der Waals surface area contributed by atoms with Crippen molar-refractivity contribution in [1.29, 1.82) is 0 Å². The molecule has 0 saturated carbocycles. The van der Waals surface area contributed by atoms with E-state index in [-0.39, 0.29) is 0 Å². The number of nitrogens with one attached hydrogen (secondary N) is 4. The number of nitrogens with zero attached hydrogens (tertiary/aromatic N) is 4. The molecule has 156 valence electrons. The molecule has 2 aromatic carbocycles. The third-order valence-electron chi connectivity index (χ3n) is 6.04. The fourth-order valence-corrected chi connectivity index (χ4v) is 4.20. The first-order chi connectivity index (χ1) is 15.1.